The summed E-state index contributed by atoms with van der Waals surface area (Å²) in [5.74, 6) is -0.675. The number of carboxylic acid groups (broad SMARTS) is 1. The molecule has 1 N–H and O–H groups in total. The average molecular weight is 495 g/mol. The fraction of sp³-hybridized carbons (Fsp3) is 0.318. The van der Waals surface area contributed by atoms with E-state index < -0.39 is 21.7 Å². The molecule has 3 rings (SSSR count). The van der Waals surface area contributed by atoms with Crippen molar-refractivity contribution in [1.29, 1.82) is 0 Å². The largest absolute Gasteiger partial charge is 0.465 e. The Bertz CT molecular complexity index is 1280. The molecule has 1 aromatic carbocycles. The Morgan fingerprint density at radius 3 is 2.48 bits per heavy atom. The van der Waals surface area contributed by atoms with Gasteiger partial charge < -0.3 is 10.0 Å². The van der Waals surface area contributed by atoms with Crippen LogP contribution in [0.2, 0.25) is 5.15 Å². The molecule has 11 heteroatoms. The number of sulfone groups is 1. The number of aromatic nitrogens is 3. The molecule has 176 valence electrons. The fourth-order valence-corrected chi connectivity index (χ4v) is 4.69. The third-order valence-corrected chi connectivity index (χ3v) is 6.56. The van der Waals surface area contributed by atoms with Crippen molar-refractivity contribution in [2.24, 2.45) is 5.41 Å². The molecule has 0 unspecified atom stereocenters. The molecule has 0 atom stereocenters. The predicted octanol–water partition coefficient (Wildman–Crippen LogP) is 4.73. The highest BCUT2D eigenvalue weighted by molar-refractivity contribution is 7.91. The third-order valence-electron chi connectivity index (χ3n) is 4.63. The molecular formula is C22H24ClFN4O4S. The quantitative estimate of drug-likeness (QED) is 0.497. The van der Waals surface area contributed by atoms with Crippen LogP contribution in [0.4, 0.5) is 9.18 Å². The lowest BCUT2D eigenvalue weighted by Gasteiger charge is -2.27. The Kier molecular flexibility index (Phi) is 6.80. The highest BCUT2D eigenvalue weighted by Crippen LogP contribution is 2.27. The van der Waals surface area contributed by atoms with Crippen LogP contribution in [-0.4, -0.2) is 45.8 Å². The lowest BCUT2D eigenvalue weighted by molar-refractivity contribution is 0.122. The minimum atomic E-state index is -4.19. The summed E-state index contributed by atoms with van der Waals surface area (Å²) >= 11 is 5.78. The molecule has 0 radical (unpaired) electrons. The number of carbonyl (C=O) groups is 1. The second-order valence-corrected chi connectivity index (χ2v) is 11.1. The van der Waals surface area contributed by atoms with E-state index in [1.165, 1.54) is 30.3 Å². The maximum Gasteiger partial charge on any atom is 0.407 e. The number of nitrogens with zero attached hydrogens (tertiary/aromatic N) is 4. The number of pyridine rings is 1. The number of hydrogen-bond donors (Lipinski definition) is 1. The topological polar surface area (TPSA) is 105 Å². The lowest BCUT2D eigenvalue weighted by atomic mass is 9.96. The van der Waals surface area contributed by atoms with Gasteiger partial charge in [0.2, 0.25) is 9.84 Å². The lowest BCUT2D eigenvalue weighted by Crippen LogP contribution is -2.36. The van der Waals surface area contributed by atoms with Crippen LogP contribution in [0.3, 0.4) is 0 Å². The van der Waals surface area contributed by atoms with Gasteiger partial charge in [0.05, 0.1) is 17.1 Å². The Balaban J connectivity index is 2.17. The van der Waals surface area contributed by atoms with E-state index in [4.69, 9.17) is 11.6 Å². The van der Waals surface area contributed by atoms with Gasteiger partial charge >= 0.3 is 6.09 Å². The zero-order valence-electron chi connectivity index (χ0n) is 18.6. The maximum atomic E-state index is 14.7. The average Bonchev–Trinajstić information content (AvgIpc) is 3.13. The van der Waals surface area contributed by atoms with E-state index in [1.54, 1.807) is 13.0 Å². The van der Waals surface area contributed by atoms with E-state index in [-0.39, 0.29) is 45.0 Å². The second kappa shape index (κ2) is 9.11. The summed E-state index contributed by atoms with van der Waals surface area (Å²) in [7, 11) is -4.19. The summed E-state index contributed by atoms with van der Waals surface area (Å²) in [6, 6.07) is 8.11. The summed E-state index contributed by atoms with van der Waals surface area (Å²) in [5, 5.41) is 13.7. The van der Waals surface area contributed by atoms with Crippen molar-refractivity contribution in [1.82, 2.24) is 19.7 Å². The van der Waals surface area contributed by atoms with Gasteiger partial charge in [0.15, 0.2) is 5.03 Å². The summed E-state index contributed by atoms with van der Waals surface area (Å²) in [4.78, 5) is 16.6. The van der Waals surface area contributed by atoms with E-state index in [1.807, 2.05) is 20.8 Å². The molecule has 0 fully saturated rings. The van der Waals surface area contributed by atoms with Crippen LogP contribution in [0.1, 0.15) is 32.0 Å². The Morgan fingerprint density at radius 2 is 1.91 bits per heavy atom. The standard InChI is InChI=1S/C22H24ClFN4O4S/c1-14-5-7-17(24)18(9-14)28-20(33(31,32)16-6-8-19(23)25-11-16)10-15(26-28)12-27(21(29)30)13-22(2,3)4/h5-11H,12-13H2,1-4H3,(H,29,30). The number of hydrogen-bond acceptors (Lipinski definition) is 5. The second-order valence-electron chi connectivity index (χ2n) is 8.86. The molecule has 0 aliphatic carbocycles. The normalized spacial score (nSPS) is 12.1. The summed E-state index contributed by atoms with van der Waals surface area (Å²) < 4.78 is 42.5. The van der Waals surface area contributed by atoms with Crippen LogP contribution in [0.5, 0.6) is 0 Å². The number of amides is 1. The number of halogens is 2. The summed E-state index contributed by atoms with van der Waals surface area (Å²) in [6.45, 7) is 7.40. The Hall–Kier alpha value is -2.98. The molecule has 0 saturated carbocycles. The minimum absolute atomic E-state index is 0.0700. The molecule has 0 aliphatic rings. The van der Waals surface area contributed by atoms with Gasteiger partial charge in [-0.1, -0.05) is 38.4 Å². The molecule has 3 aromatic rings. The molecule has 33 heavy (non-hydrogen) atoms. The number of aryl methyl sites for hydroxylation is 1. The van der Waals surface area contributed by atoms with E-state index in [2.05, 4.69) is 10.1 Å². The van der Waals surface area contributed by atoms with Crippen LogP contribution in [0, 0.1) is 18.2 Å². The van der Waals surface area contributed by atoms with Gasteiger partial charge in [-0.25, -0.2) is 27.3 Å². The van der Waals surface area contributed by atoms with Crippen molar-refractivity contribution >= 4 is 27.5 Å². The predicted molar refractivity (Wildman–Crippen MR) is 121 cm³/mol. The first-order valence-corrected chi connectivity index (χ1v) is 11.8. The maximum absolute atomic E-state index is 14.7. The SMILES string of the molecule is Cc1ccc(F)c(-n2nc(CN(CC(C)(C)C)C(=O)O)cc2S(=O)(=O)c2ccc(Cl)nc2)c1. The molecule has 8 nitrogen and oxygen atoms in total. The van der Waals surface area contributed by atoms with Gasteiger partial charge in [0.1, 0.15) is 16.7 Å². The zero-order chi connectivity index (χ0) is 24.6. The van der Waals surface area contributed by atoms with Crippen molar-refractivity contribution in [2.45, 2.75) is 44.2 Å². The molecule has 2 aromatic heterocycles. The summed E-state index contributed by atoms with van der Waals surface area (Å²) in [5.41, 5.74) is 0.440. The molecule has 2 heterocycles. The van der Waals surface area contributed by atoms with Crippen LogP contribution >= 0.6 is 11.6 Å². The highest BCUT2D eigenvalue weighted by Gasteiger charge is 2.28. The molecule has 0 bridgehead atoms. The van der Waals surface area contributed by atoms with E-state index in [0.29, 0.717) is 5.56 Å². The van der Waals surface area contributed by atoms with Crippen LogP contribution in [0.25, 0.3) is 5.69 Å². The number of benzene rings is 1. The Labute approximate surface area is 196 Å². The zero-order valence-corrected chi connectivity index (χ0v) is 20.2. The van der Waals surface area contributed by atoms with Gasteiger partial charge in [-0.15, -0.1) is 0 Å². The first kappa shape index (κ1) is 24.7. The van der Waals surface area contributed by atoms with Crippen molar-refractivity contribution in [3.63, 3.8) is 0 Å². The fourth-order valence-electron chi connectivity index (χ4n) is 3.24. The molecule has 0 saturated heterocycles. The van der Waals surface area contributed by atoms with Crippen LogP contribution < -0.4 is 0 Å². The van der Waals surface area contributed by atoms with Gasteiger partial charge in [-0.05, 0) is 42.2 Å². The van der Waals surface area contributed by atoms with Gasteiger partial charge in [-0.3, -0.25) is 0 Å². The number of rotatable bonds is 6. The van der Waals surface area contributed by atoms with Gasteiger partial charge in [0, 0.05) is 18.8 Å². The highest BCUT2D eigenvalue weighted by atomic mass is 35.5. The monoisotopic (exact) mass is 494 g/mol. The first-order valence-electron chi connectivity index (χ1n) is 9.98. The molecule has 0 aliphatic heterocycles. The van der Waals surface area contributed by atoms with E-state index in [9.17, 15) is 22.7 Å². The van der Waals surface area contributed by atoms with Gasteiger partial charge in [-0.2, -0.15) is 5.10 Å². The van der Waals surface area contributed by atoms with Crippen molar-refractivity contribution in [3.8, 4) is 5.69 Å². The Morgan fingerprint density at radius 1 is 1.21 bits per heavy atom. The van der Waals surface area contributed by atoms with Crippen molar-refractivity contribution in [2.75, 3.05) is 6.54 Å². The van der Waals surface area contributed by atoms with Crippen LogP contribution in [0.15, 0.2) is 52.5 Å². The van der Waals surface area contributed by atoms with Crippen molar-refractivity contribution < 1.29 is 22.7 Å². The molecular weight excluding hydrogens is 471 g/mol. The molecule has 0 spiro atoms. The van der Waals surface area contributed by atoms with Gasteiger partial charge in [0.25, 0.3) is 0 Å². The van der Waals surface area contributed by atoms with E-state index in [0.717, 1.165) is 15.8 Å². The minimum Gasteiger partial charge on any atom is -0.465 e. The smallest absolute Gasteiger partial charge is 0.407 e. The molecule has 1 amide bonds. The first-order chi connectivity index (χ1) is 15.3. The van der Waals surface area contributed by atoms with Crippen LogP contribution in [-0.2, 0) is 16.4 Å². The summed E-state index contributed by atoms with van der Waals surface area (Å²) in [6.07, 6.45) is -0.0720. The van der Waals surface area contributed by atoms with Crippen molar-refractivity contribution in [3.05, 3.63) is 64.8 Å². The van der Waals surface area contributed by atoms with E-state index >= 15 is 0 Å². The third kappa shape index (κ3) is 5.69.